The lowest BCUT2D eigenvalue weighted by Gasteiger charge is -2.21. The molecule has 0 heterocycles. The third-order valence-electron chi connectivity index (χ3n) is 4.35. The molecule has 0 unspecified atom stereocenters. The molecule has 3 aromatic rings. The molecule has 0 fully saturated rings. The number of esters is 1. The van der Waals surface area contributed by atoms with Gasteiger partial charge in [0, 0.05) is 5.69 Å². The predicted molar refractivity (Wildman–Crippen MR) is 123 cm³/mol. The number of nitrogens with one attached hydrogen (secondary N) is 1. The van der Waals surface area contributed by atoms with Crippen molar-refractivity contribution in [3.63, 3.8) is 0 Å². The fourth-order valence-corrected chi connectivity index (χ4v) is 2.91. The zero-order valence-electron chi connectivity index (χ0n) is 18.1. The number of ether oxygens (including phenoxy) is 2. The molecule has 0 radical (unpaired) electrons. The minimum absolute atomic E-state index is 0.326. The second-order valence-electron chi connectivity index (χ2n) is 8.05. The SMILES string of the molecule is COc1cccc(C=Cc2ccc(C(=O)OC(C)(C)C)c(Nc3ccc(F)cc3)c2)c1. The number of methoxy groups -OCH3 is 1. The molecule has 0 aliphatic rings. The number of carbonyl (C=O) groups is 1. The first-order valence-electron chi connectivity index (χ1n) is 9.96. The Morgan fingerprint density at radius 2 is 1.61 bits per heavy atom. The zero-order chi connectivity index (χ0) is 22.4. The van der Waals surface area contributed by atoms with E-state index in [1.165, 1.54) is 12.1 Å². The van der Waals surface area contributed by atoms with Crippen molar-refractivity contribution >= 4 is 29.5 Å². The fraction of sp³-hybridized carbons (Fsp3) is 0.192. The molecule has 0 atom stereocenters. The molecule has 0 aliphatic heterocycles. The number of benzene rings is 3. The normalized spacial score (nSPS) is 11.4. The molecular weight excluding hydrogens is 393 g/mol. The highest BCUT2D eigenvalue weighted by Gasteiger charge is 2.20. The van der Waals surface area contributed by atoms with Gasteiger partial charge in [-0.1, -0.05) is 30.4 Å². The van der Waals surface area contributed by atoms with Gasteiger partial charge in [0.2, 0.25) is 0 Å². The third kappa shape index (κ3) is 6.44. The van der Waals surface area contributed by atoms with Gasteiger partial charge in [-0.3, -0.25) is 0 Å². The number of carbonyl (C=O) groups excluding carboxylic acids is 1. The van der Waals surface area contributed by atoms with Crippen LogP contribution >= 0.6 is 0 Å². The first kappa shape index (κ1) is 22.1. The molecule has 3 aromatic carbocycles. The molecule has 0 saturated heterocycles. The molecule has 5 heteroatoms. The van der Waals surface area contributed by atoms with Gasteiger partial charge in [0.15, 0.2) is 0 Å². The minimum atomic E-state index is -0.616. The minimum Gasteiger partial charge on any atom is -0.497 e. The predicted octanol–water partition coefficient (Wildman–Crippen LogP) is 6.70. The molecule has 0 aliphatic carbocycles. The number of hydrogen-bond donors (Lipinski definition) is 1. The quantitative estimate of drug-likeness (QED) is 0.357. The summed E-state index contributed by atoms with van der Waals surface area (Å²) in [6, 6.07) is 19.1. The van der Waals surface area contributed by atoms with E-state index in [-0.39, 0.29) is 5.82 Å². The monoisotopic (exact) mass is 419 g/mol. The van der Waals surface area contributed by atoms with Gasteiger partial charge in [0.1, 0.15) is 17.2 Å². The average molecular weight is 419 g/mol. The van der Waals surface area contributed by atoms with Gasteiger partial charge in [-0.2, -0.15) is 0 Å². The van der Waals surface area contributed by atoms with E-state index in [2.05, 4.69) is 5.32 Å². The number of hydrogen-bond acceptors (Lipinski definition) is 4. The molecular formula is C26H26FNO3. The van der Waals surface area contributed by atoms with Gasteiger partial charge in [0.05, 0.1) is 18.4 Å². The van der Waals surface area contributed by atoms with E-state index in [9.17, 15) is 9.18 Å². The van der Waals surface area contributed by atoms with Crippen molar-refractivity contribution in [1.29, 1.82) is 0 Å². The van der Waals surface area contributed by atoms with Crippen molar-refractivity contribution in [3.05, 3.63) is 89.2 Å². The molecule has 3 rings (SSSR count). The Hall–Kier alpha value is -3.60. The van der Waals surface area contributed by atoms with Gasteiger partial charge in [-0.05, 0) is 80.4 Å². The maximum atomic E-state index is 13.3. The summed E-state index contributed by atoms with van der Waals surface area (Å²) in [4.78, 5) is 12.7. The zero-order valence-corrected chi connectivity index (χ0v) is 18.1. The Labute approximate surface area is 182 Å². The lowest BCUT2D eigenvalue weighted by molar-refractivity contribution is 0.00707. The molecule has 0 aromatic heterocycles. The van der Waals surface area contributed by atoms with Crippen molar-refractivity contribution in [2.24, 2.45) is 0 Å². The van der Waals surface area contributed by atoms with Crippen LogP contribution in [0, 0.1) is 5.82 Å². The second kappa shape index (κ2) is 9.47. The first-order chi connectivity index (χ1) is 14.7. The van der Waals surface area contributed by atoms with E-state index < -0.39 is 11.6 Å². The Bertz CT molecular complexity index is 1080. The van der Waals surface area contributed by atoms with E-state index in [4.69, 9.17) is 9.47 Å². The van der Waals surface area contributed by atoms with Crippen molar-refractivity contribution in [2.75, 3.05) is 12.4 Å². The topological polar surface area (TPSA) is 47.6 Å². The van der Waals surface area contributed by atoms with E-state index in [0.29, 0.717) is 16.9 Å². The molecule has 0 bridgehead atoms. The lowest BCUT2D eigenvalue weighted by atomic mass is 10.1. The third-order valence-corrected chi connectivity index (χ3v) is 4.35. The Morgan fingerprint density at radius 1 is 0.935 bits per heavy atom. The maximum Gasteiger partial charge on any atom is 0.340 e. The summed E-state index contributed by atoms with van der Waals surface area (Å²) < 4.78 is 24.1. The maximum absolute atomic E-state index is 13.3. The summed E-state index contributed by atoms with van der Waals surface area (Å²) in [5.41, 5.74) is 2.91. The fourth-order valence-electron chi connectivity index (χ4n) is 2.91. The van der Waals surface area contributed by atoms with Crippen molar-refractivity contribution in [1.82, 2.24) is 0 Å². The Morgan fingerprint density at radius 3 is 2.26 bits per heavy atom. The summed E-state index contributed by atoms with van der Waals surface area (Å²) in [6.45, 7) is 5.47. The lowest BCUT2D eigenvalue weighted by Crippen LogP contribution is -2.24. The van der Waals surface area contributed by atoms with Crippen LogP contribution < -0.4 is 10.1 Å². The molecule has 160 valence electrons. The van der Waals surface area contributed by atoms with Crippen LogP contribution in [0.4, 0.5) is 15.8 Å². The van der Waals surface area contributed by atoms with E-state index in [1.54, 1.807) is 25.3 Å². The molecule has 0 amide bonds. The van der Waals surface area contributed by atoms with Gasteiger partial charge in [0.25, 0.3) is 0 Å². The highest BCUT2D eigenvalue weighted by atomic mass is 19.1. The van der Waals surface area contributed by atoms with Gasteiger partial charge >= 0.3 is 5.97 Å². The number of anilines is 2. The van der Waals surface area contributed by atoms with Crippen LogP contribution in [0.15, 0.2) is 66.7 Å². The van der Waals surface area contributed by atoms with E-state index in [1.807, 2.05) is 69.3 Å². The van der Waals surface area contributed by atoms with Crippen LogP contribution in [0.25, 0.3) is 12.2 Å². The Balaban J connectivity index is 1.93. The van der Waals surface area contributed by atoms with E-state index >= 15 is 0 Å². The Kier molecular flexibility index (Phi) is 6.75. The summed E-state index contributed by atoms with van der Waals surface area (Å²) in [5, 5.41) is 3.20. The van der Waals surface area contributed by atoms with E-state index in [0.717, 1.165) is 16.9 Å². The van der Waals surface area contributed by atoms with Gasteiger partial charge < -0.3 is 14.8 Å². The van der Waals surface area contributed by atoms with Crippen LogP contribution in [0.3, 0.4) is 0 Å². The van der Waals surface area contributed by atoms with Crippen molar-refractivity contribution in [2.45, 2.75) is 26.4 Å². The molecule has 4 nitrogen and oxygen atoms in total. The summed E-state index contributed by atoms with van der Waals surface area (Å²) >= 11 is 0. The molecule has 31 heavy (non-hydrogen) atoms. The number of halogens is 1. The smallest absolute Gasteiger partial charge is 0.340 e. The van der Waals surface area contributed by atoms with Crippen molar-refractivity contribution < 1.29 is 18.7 Å². The van der Waals surface area contributed by atoms with Gasteiger partial charge in [-0.15, -0.1) is 0 Å². The second-order valence-corrected chi connectivity index (χ2v) is 8.05. The molecule has 1 N–H and O–H groups in total. The van der Waals surface area contributed by atoms with Crippen molar-refractivity contribution in [3.8, 4) is 5.75 Å². The van der Waals surface area contributed by atoms with Gasteiger partial charge in [-0.25, -0.2) is 9.18 Å². The average Bonchev–Trinajstić information content (AvgIpc) is 2.73. The highest BCUT2D eigenvalue weighted by molar-refractivity contribution is 5.97. The van der Waals surface area contributed by atoms with Crippen LogP contribution in [0.5, 0.6) is 5.75 Å². The van der Waals surface area contributed by atoms with Crippen LogP contribution in [-0.2, 0) is 4.74 Å². The largest absolute Gasteiger partial charge is 0.497 e. The van der Waals surface area contributed by atoms with Crippen LogP contribution in [-0.4, -0.2) is 18.7 Å². The number of rotatable bonds is 6. The standard InChI is InChI=1S/C26H26FNO3/c1-26(2,3)31-25(29)23-15-10-19(9-8-18-6-5-7-22(16-18)30-4)17-24(23)28-21-13-11-20(27)12-14-21/h5-17,28H,1-4H3. The summed E-state index contributed by atoms with van der Waals surface area (Å²) in [5.74, 6) is 0.0226. The summed E-state index contributed by atoms with van der Waals surface area (Å²) in [7, 11) is 1.63. The van der Waals surface area contributed by atoms with Crippen LogP contribution in [0.1, 0.15) is 42.3 Å². The molecule has 0 spiro atoms. The highest BCUT2D eigenvalue weighted by Crippen LogP contribution is 2.26. The molecule has 0 saturated carbocycles. The summed E-state index contributed by atoms with van der Waals surface area (Å²) in [6.07, 6.45) is 3.91. The first-order valence-corrected chi connectivity index (χ1v) is 9.96. The van der Waals surface area contributed by atoms with Crippen LogP contribution in [0.2, 0.25) is 0 Å².